The smallest absolute Gasteiger partial charge is 0.231 e. The third kappa shape index (κ3) is 6.29. The van der Waals surface area contributed by atoms with Crippen LogP contribution >= 0.6 is 23.4 Å². The minimum absolute atomic E-state index is 0. The number of halogens is 1. The van der Waals surface area contributed by atoms with Gasteiger partial charge in [-0.05, 0) is 42.9 Å². The fourth-order valence-electron chi connectivity index (χ4n) is 3.13. The van der Waals surface area contributed by atoms with Crippen LogP contribution in [0.15, 0.2) is 39.3 Å². The largest absolute Gasteiger partial charge is 0.257 e. The average molecular weight is 563 g/mol. The summed E-state index contributed by atoms with van der Waals surface area (Å²) in [4.78, 5) is 8.35. The SMILES string of the molecule is C.CCSc1ccc2nc(CC)c(S(N)(=O)=O)n2n1.CCc1nc2ccc(Cl)nn2c1S(N)(=O)=O. The first-order valence-corrected chi connectivity index (χ1v) is 14.5. The maximum absolute atomic E-state index is 11.6. The number of aryl methyl sites for hydroxylation is 2. The summed E-state index contributed by atoms with van der Waals surface area (Å²) in [6, 6.07) is 6.70. The van der Waals surface area contributed by atoms with Gasteiger partial charge in [0.1, 0.15) is 10.2 Å². The molecule has 0 spiro atoms. The number of hydrogen-bond acceptors (Lipinski definition) is 9. The molecule has 16 heteroatoms. The van der Waals surface area contributed by atoms with E-state index in [0.717, 1.165) is 15.3 Å². The van der Waals surface area contributed by atoms with Gasteiger partial charge >= 0.3 is 0 Å². The van der Waals surface area contributed by atoms with E-state index < -0.39 is 20.0 Å². The summed E-state index contributed by atoms with van der Waals surface area (Å²) in [6.07, 6.45) is 0.943. The molecule has 4 aromatic heterocycles. The first-order chi connectivity index (χ1) is 15.9. The highest BCUT2D eigenvalue weighted by Gasteiger charge is 2.23. The Labute approximate surface area is 213 Å². The first-order valence-electron chi connectivity index (χ1n) is 10.0. The van der Waals surface area contributed by atoms with Crippen LogP contribution < -0.4 is 10.3 Å². The second-order valence-electron chi connectivity index (χ2n) is 6.83. The molecule has 0 saturated heterocycles. The summed E-state index contributed by atoms with van der Waals surface area (Å²) < 4.78 is 48.6. The fraction of sp³-hybridized carbons (Fsp3) is 0.368. The Morgan fingerprint density at radius 1 is 0.829 bits per heavy atom. The minimum Gasteiger partial charge on any atom is -0.231 e. The molecule has 35 heavy (non-hydrogen) atoms. The van der Waals surface area contributed by atoms with Crippen LogP contribution in [0.25, 0.3) is 11.3 Å². The Morgan fingerprint density at radius 2 is 1.29 bits per heavy atom. The van der Waals surface area contributed by atoms with Crippen LogP contribution in [0.5, 0.6) is 0 Å². The number of primary sulfonamides is 2. The summed E-state index contributed by atoms with van der Waals surface area (Å²) in [5.41, 5.74) is 1.74. The number of aromatic nitrogens is 6. The Balaban J connectivity index is 0.000000241. The zero-order valence-corrected chi connectivity index (χ0v) is 21.7. The number of hydrogen-bond donors (Lipinski definition) is 2. The van der Waals surface area contributed by atoms with Gasteiger partial charge in [0.25, 0.3) is 20.0 Å². The molecule has 0 bridgehead atoms. The van der Waals surface area contributed by atoms with Gasteiger partial charge in [0.05, 0.1) is 11.4 Å². The molecule has 4 N–H and O–H groups in total. The second-order valence-corrected chi connectivity index (χ2v) is 11.5. The first kappa shape index (κ1) is 28.9. The van der Waals surface area contributed by atoms with Gasteiger partial charge in [-0.3, -0.25) is 0 Å². The van der Waals surface area contributed by atoms with E-state index in [2.05, 4.69) is 20.2 Å². The lowest BCUT2D eigenvalue weighted by atomic mass is 10.4. The van der Waals surface area contributed by atoms with E-state index >= 15 is 0 Å². The molecular weight excluding hydrogens is 536 g/mol. The molecule has 0 radical (unpaired) electrons. The third-order valence-corrected chi connectivity index (χ3v) is 7.35. The van der Waals surface area contributed by atoms with Crippen LogP contribution in [-0.4, -0.2) is 51.8 Å². The zero-order valence-electron chi connectivity index (χ0n) is 18.5. The molecule has 0 saturated carbocycles. The van der Waals surface area contributed by atoms with Crippen molar-refractivity contribution in [2.24, 2.45) is 10.3 Å². The van der Waals surface area contributed by atoms with Crippen molar-refractivity contribution in [1.29, 1.82) is 0 Å². The lowest BCUT2D eigenvalue weighted by Gasteiger charge is -2.02. The van der Waals surface area contributed by atoms with Gasteiger partial charge in [-0.1, -0.05) is 39.8 Å². The molecule has 0 aliphatic carbocycles. The van der Waals surface area contributed by atoms with E-state index in [1.54, 1.807) is 19.1 Å². The third-order valence-electron chi connectivity index (χ3n) is 4.45. The second kappa shape index (κ2) is 11.2. The zero-order chi connectivity index (χ0) is 25.3. The number of nitrogens with zero attached hydrogens (tertiary/aromatic N) is 6. The lowest BCUT2D eigenvalue weighted by Crippen LogP contribution is -2.17. The van der Waals surface area contributed by atoms with Crippen molar-refractivity contribution in [2.45, 2.75) is 56.1 Å². The molecule has 0 amide bonds. The van der Waals surface area contributed by atoms with Gasteiger partial charge < -0.3 is 0 Å². The number of sulfonamides is 2. The molecule has 0 atom stereocenters. The quantitative estimate of drug-likeness (QED) is 0.333. The van der Waals surface area contributed by atoms with Crippen molar-refractivity contribution in [1.82, 2.24) is 29.2 Å². The van der Waals surface area contributed by atoms with E-state index in [0.29, 0.717) is 35.5 Å². The maximum Gasteiger partial charge on any atom is 0.257 e. The highest BCUT2D eigenvalue weighted by atomic mass is 35.5. The summed E-state index contributed by atoms with van der Waals surface area (Å²) in [5, 5.41) is 19.3. The van der Waals surface area contributed by atoms with Crippen molar-refractivity contribution >= 4 is 54.7 Å². The van der Waals surface area contributed by atoms with E-state index in [1.807, 2.05) is 19.9 Å². The predicted octanol–water partition coefficient (Wildman–Crippen LogP) is 2.28. The van der Waals surface area contributed by atoms with Gasteiger partial charge in [-0.15, -0.1) is 11.8 Å². The number of imidazole rings is 2. The van der Waals surface area contributed by atoms with Crippen molar-refractivity contribution < 1.29 is 16.8 Å². The molecule has 4 rings (SSSR count). The number of nitrogens with two attached hydrogens (primary N) is 2. The molecule has 0 unspecified atom stereocenters. The maximum atomic E-state index is 11.6. The molecule has 0 aromatic carbocycles. The molecular formula is C19H27ClN8O4S3. The molecule has 12 nitrogen and oxygen atoms in total. The van der Waals surface area contributed by atoms with Crippen molar-refractivity contribution in [3.8, 4) is 0 Å². The lowest BCUT2D eigenvalue weighted by molar-refractivity contribution is 0.585. The normalized spacial score (nSPS) is 11.8. The monoisotopic (exact) mass is 562 g/mol. The van der Waals surface area contributed by atoms with Crippen LogP contribution in [-0.2, 0) is 32.9 Å². The van der Waals surface area contributed by atoms with E-state index in [-0.39, 0.29) is 22.6 Å². The van der Waals surface area contributed by atoms with Crippen molar-refractivity contribution in [3.05, 3.63) is 40.8 Å². The highest BCUT2D eigenvalue weighted by Crippen LogP contribution is 2.20. The average Bonchev–Trinajstić information content (AvgIpc) is 3.31. The molecule has 0 fully saturated rings. The molecule has 4 aromatic rings. The molecule has 0 aliphatic rings. The molecule has 192 valence electrons. The van der Waals surface area contributed by atoms with Gasteiger partial charge in [0.15, 0.2) is 21.3 Å². The van der Waals surface area contributed by atoms with Gasteiger partial charge in [-0.25, -0.2) is 37.1 Å². The molecule has 0 aliphatic heterocycles. The van der Waals surface area contributed by atoms with Gasteiger partial charge in [0, 0.05) is 0 Å². The Bertz CT molecular complexity index is 1570. The van der Waals surface area contributed by atoms with E-state index in [4.69, 9.17) is 21.9 Å². The van der Waals surface area contributed by atoms with Crippen LogP contribution in [0.4, 0.5) is 0 Å². The predicted molar refractivity (Wildman–Crippen MR) is 136 cm³/mol. The van der Waals surface area contributed by atoms with Gasteiger partial charge in [0.2, 0.25) is 0 Å². The standard InChI is InChI=1S/C10H14N4O2S2.C8H9ClN4O2S.CH4/c1-3-7-10(18(11,15)16)14-8(12-7)5-6-9(13-14)17-4-2;1-2-5-8(16(10,14)15)13-7(11-5)4-3-6(9)12-13;/h5-6H,3-4H2,1-2H3,(H2,11,15,16);3-4H,2H2,1H3,(H2,10,14,15);1H4. The Hall–Kier alpha value is -2.30. The van der Waals surface area contributed by atoms with E-state index in [9.17, 15) is 16.8 Å². The van der Waals surface area contributed by atoms with Crippen molar-refractivity contribution in [3.63, 3.8) is 0 Å². The van der Waals surface area contributed by atoms with Crippen LogP contribution in [0.3, 0.4) is 0 Å². The number of rotatable bonds is 6. The number of fused-ring (bicyclic) bond motifs is 2. The van der Waals surface area contributed by atoms with Crippen LogP contribution in [0.2, 0.25) is 5.15 Å². The van der Waals surface area contributed by atoms with E-state index in [1.165, 1.54) is 22.3 Å². The van der Waals surface area contributed by atoms with Gasteiger partial charge in [-0.2, -0.15) is 19.2 Å². The minimum atomic E-state index is -3.87. The van der Waals surface area contributed by atoms with Crippen molar-refractivity contribution in [2.75, 3.05) is 5.75 Å². The number of thioether (sulfide) groups is 1. The molecule has 4 heterocycles. The topological polar surface area (TPSA) is 181 Å². The summed E-state index contributed by atoms with van der Waals surface area (Å²) >= 11 is 7.23. The summed E-state index contributed by atoms with van der Waals surface area (Å²) in [6.45, 7) is 5.62. The highest BCUT2D eigenvalue weighted by molar-refractivity contribution is 7.99. The fourth-order valence-corrected chi connectivity index (χ4v) is 5.66. The Morgan fingerprint density at radius 3 is 1.71 bits per heavy atom. The Kier molecular flexibility index (Phi) is 9.24. The van der Waals surface area contributed by atoms with Crippen LogP contribution in [0.1, 0.15) is 39.6 Å². The summed E-state index contributed by atoms with van der Waals surface area (Å²) in [7, 11) is -7.70. The van der Waals surface area contributed by atoms with Crippen LogP contribution in [0, 0.1) is 0 Å². The summed E-state index contributed by atoms with van der Waals surface area (Å²) in [5.74, 6) is 0.860.